The molecule has 1 aromatic carbocycles. The Balaban J connectivity index is 1.72. The zero-order valence-electron chi connectivity index (χ0n) is 12.0. The normalized spacial score (nSPS) is 23.9. The first-order chi connectivity index (χ1) is 9.86. The summed E-state index contributed by atoms with van der Waals surface area (Å²) in [7, 11) is 0. The molecule has 0 saturated carbocycles. The number of hydrogen-bond donors (Lipinski definition) is 1. The molecule has 0 amide bonds. The standard InChI is InChI=1S/C17H22N2O/c1-2-15-11-18-17(14-7-4-3-5-8-14)13-19(15)12-16-9-6-10-20-16/h3-10,15,17-18H,2,11-13H2,1H3. The van der Waals surface area contributed by atoms with Gasteiger partial charge in [-0.15, -0.1) is 0 Å². The topological polar surface area (TPSA) is 28.4 Å². The molecule has 2 aromatic rings. The minimum atomic E-state index is 0.411. The van der Waals surface area contributed by atoms with Crippen LogP contribution in [0.25, 0.3) is 0 Å². The summed E-state index contributed by atoms with van der Waals surface area (Å²) in [5.74, 6) is 1.05. The fourth-order valence-electron chi connectivity index (χ4n) is 2.96. The Morgan fingerprint density at radius 3 is 2.75 bits per heavy atom. The Hall–Kier alpha value is -1.58. The highest BCUT2D eigenvalue weighted by Gasteiger charge is 2.27. The lowest BCUT2D eigenvalue weighted by Crippen LogP contribution is -2.51. The predicted octanol–water partition coefficient (Wildman–Crippen LogP) is 3.20. The molecule has 1 aliphatic rings. The Morgan fingerprint density at radius 2 is 2.05 bits per heavy atom. The molecule has 1 fully saturated rings. The van der Waals surface area contributed by atoms with Crippen LogP contribution in [0.5, 0.6) is 0 Å². The maximum Gasteiger partial charge on any atom is 0.117 e. The lowest BCUT2D eigenvalue weighted by Gasteiger charge is -2.40. The van der Waals surface area contributed by atoms with E-state index in [0.29, 0.717) is 12.1 Å². The molecular formula is C17H22N2O. The number of nitrogens with one attached hydrogen (secondary N) is 1. The molecule has 0 aliphatic carbocycles. The van der Waals surface area contributed by atoms with E-state index in [2.05, 4.69) is 53.5 Å². The summed E-state index contributed by atoms with van der Waals surface area (Å²) < 4.78 is 5.51. The van der Waals surface area contributed by atoms with Crippen molar-refractivity contribution in [1.82, 2.24) is 10.2 Å². The molecule has 0 spiro atoms. The smallest absolute Gasteiger partial charge is 0.117 e. The van der Waals surface area contributed by atoms with Crippen molar-refractivity contribution in [3.8, 4) is 0 Å². The van der Waals surface area contributed by atoms with Crippen molar-refractivity contribution in [2.45, 2.75) is 32.0 Å². The molecular weight excluding hydrogens is 248 g/mol. The summed E-state index contributed by atoms with van der Waals surface area (Å²) in [6.07, 6.45) is 2.92. The molecule has 3 heteroatoms. The van der Waals surface area contributed by atoms with E-state index in [9.17, 15) is 0 Å². The summed E-state index contributed by atoms with van der Waals surface area (Å²) in [5.41, 5.74) is 1.37. The van der Waals surface area contributed by atoms with E-state index in [1.165, 1.54) is 5.56 Å². The number of piperazine rings is 1. The van der Waals surface area contributed by atoms with Gasteiger partial charge in [0.25, 0.3) is 0 Å². The third kappa shape index (κ3) is 2.94. The largest absolute Gasteiger partial charge is 0.468 e. The van der Waals surface area contributed by atoms with E-state index in [4.69, 9.17) is 4.42 Å². The predicted molar refractivity (Wildman–Crippen MR) is 80.4 cm³/mol. The number of benzene rings is 1. The summed E-state index contributed by atoms with van der Waals surface area (Å²) in [4.78, 5) is 2.53. The van der Waals surface area contributed by atoms with E-state index in [1.54, 1.807) is 6.26 Å². The summed E-state index contributed by atoms with van der Waals surface area (Å²) in [6.45, 7) is 5.22. The van der Waals surface area contributed by atoms with Gasteiger partial charge in [0.2, 0.25) is 0 Å². The van der Waals surface area contributed by atoms with Crippen molar-refractivity contribution >= 4 is 0 Å². The second-order valence-corrected chi connectivity index (χ2v) is 5.44. The molecule has 0 bridgehead atoms. The number of rotatable bonds is 4. The Labute approximate surface area is 120 Å². The van der Waals surface area contributed by atoms with E-state index in [0.717, 1.165) is 31.8 Å². The van der Waals surface area contributed by atoms with Crippen molar-refractivity contribution in [2.24, 2.45) is 0 Å². The highest BCUT2D eigenvalue weighted by Crippen LogP contribution is 2.22. The van der Waals surface area contributed by atoms with Gasteiger partial charge in [0.15, 0.2) is 0 Å². The van der Waals surface area contributed by atoms with Gasteiger partial charge in [0.05, 0.1) is 12.8 Å². The van der Waals surface area contributed by atoms with Gasteiger partial charge in [-0.2, -0.15) is 0 Å². The molecule has 1 aromatic heterocycles. The average molecular weight is 270 g/mol. The Morgan fingerprint density at radius 1 is 1.20 bits per heavy atom. The van der Waals surface area contributed by atoms with Crippen molar-refractivity contribution in [3.63, 3.8) is 0 Å². The Kier molecular flexibility index (Phi) is 4.19. The van der Waals surface area contributed by atoms with Gasteiger partial charge in [0.1, 0.15) is 5.76 Å². The molecule has 20 heavy (non-hydrogen) atoms. The lowest BCUT2D eigenvalue weighted by atomic mass is 10.0. The molecule has 1 aliphatic heterocycles. The number of nitrogens with zero attached hydrogens (tertiary/aromatic N) is 1. The minimum Gasteiger partial charge on any atom is -0.468 e. The fourth-order valence-corrected chi connectivity index (χ4v) is 2.96. The summed E-state index contributed by atoms with van der Waals surface area (Å²) in [6, 6.07) is 15.7. The third-order valence-electron chi connectivity index (χ3n) is 4.15. The maximum absolute atomic E-state index is 5.51. The molecule has 2 atom stereocenters. The van der Waals surface area contributed by atoms with Crippen LogP contribution < -0.4 is 5.32 Å². The second-order valence-electron chi connectivity index (χ2n) is 5.44. The zero-order valence-corrected chi connectivity index (χ0v) is 12.0. The van der Waals surface area contributed by atoms with Crippen LogP contribution in [-0.2, 0) is 6.54 Å². The lowest BCUT2D eigenvalue weighted by molar-refractivity contribution is 0.110. The molecule has 0 radical (unpaired) electrons. The minimum absolute atomic E-state index is 0.411. The van der Waals surface area contributed by atoms with E-state index in [-0.39, 0.29) is 0 Å². The van der Waals surface area contributed by atoms with Gasteiger partial charge in [-0.25, -0.2) is 0 Å². The van der Waals surface area contributed by atoms with Crippen molar-refractivity contribution in [3.05, 3.63) is 60.1 Å². The van der Waals surface area contributed by atoms with Gasteiger partial charge in [-0.05, 0) is 24.1 Å². The van der Waals surface area contributed by atoms with Gasteiger partial charge in [0, 0.05) is 25.2 Å². The van der Waals surface area contributed by atoms with Crippen LogP contribution in [-0.4, -0.2) is 24.0 Å². The Bertz CT molecular complexity index is 509. The van der Waals surface area contributed by atoms with E-state index in [1.807, 2.05) is 6.07 Å². The van der Waals surface area contributed by atoms with Crippen LogP contribution in [0.3, 0.4) is 0 Å². The van der Waals surface area contributed by atoms with Crippen LogP contribution in [0, 0.1) is 0 Å². The molecule has 1 N–H and O–H groups in total. The van der Waals surface area contributed by atoms with Crippen LogP contribution in [0.1, 0.15) is 30.7 Å². The molecule has 3 rings (SSSR count). The van der Waals surface area contributed by atoms with Gasteiger partial charge < -0.3 is 9.73 Å². The molecule has 3 nitrogen and oxygen atoms in total. The van der Waals surface area contributed by atoms with E-state index >= 15 is 0 Å². The fraction of sp³-hybridized carbons (Fsp3) is 0.412. The first-order valence-corrected chi connectivity index (χ1v) is 7.41. The highest BCUT2D eigenvalue weighted by molar-refractivity contribution is 5.20. The molecule has 1 saturated heterocycles. The van der Waals surface area contributed by atoms with Gasteiger partial charge >= 0.3 is 0 Å². The van der Waals surface area contributed by atoms with Gasteiger partial charge in [-0.1, -0.05) is 37.3 Å². The highest BCUT2D eigenvalue weighted by atomic mass is 16.3. The van der Waals surface area contributed by atoms with Crippen molar-refractivity contribution < 1.29 is 4.42 Å². The average Bonchev–Trinajstić information content (AvgIpc) is 3.01. The monoisotopic (exact) mass is 270 g/mol. The van der Waals surface area contributed by atoms with Crippen LogP contribution in [0.15, 0.2) is 53.1 Å². The SMILES string of the molecule is CCC1CNC(c2ccccc2)CN1Cc1ccco1. The maximum atomic E-state index is 5.51. The summed E-state index contributed by atoms with van der Waals surface area (Å²) >= 11 is 0. The van der Waals surface area contributed by atoms with Crippen LogP contribution >= 0.6 is 0 Å². The van der Waals surface area contributed by atoms with Gasteiger partial charge in [-0.3, -0.25) is 4.90 Å². The zero-order chi connectivity index (χ0) is 13.8. The van der Waals surface area contributed by atoms with Crippen molar-refractivity contribution in [1.29, 1.82) is 0 Å². The quantitative estimate of drug-likeness (QED) is 0.924. The first-order valence-electron chi connectivity index (χ1n) is 7.41. The second kappa shape index (κ2) is 6.25. The van der Waals surface area contributed by atoms with Crippen LogP contribution in [0.4, 0.5) is 0 Å². The number of hydrogen-bond acceptors (Lipinski definition) is 3. The van der Waals surface area contributed by atoms with E-state index < -0.39 is 0 Å². The van der Waals surface area contributed by atoms with Crippen LogP contribution in [0.2, 0.25) is 0 Å². The third-order valence-corrected chi connectivity index (χ3v) is 4.15. The first kappa shape index (κ1) is 13.4. The summed E-state index contributed by atoms with van der Waals surface area (Å²) in [5, 5.41) is 3.67. The molecule has 2 heterocycles. The molecule has 106 valence electrons. The molecule has 2 unspecified atom stereocenters. The van der Waals surface area contributed by atoms with Crippen molar-refractivity contribution in [2.75, 3.05) is 13.1 Å². The number of furan rings is 1.